The Kier molecular flexibility index (Phi) is 7.35. The zero-order valence-corrected chi connectivity index (χ0v) is 13.1. The van der Waals surface area contributed by atoms with Crippen LogP contribution < -0.4 is 15.4 Å². The predicted molar refractivity (Wildman–Crippen MR) is 79.7 cm³/mol. The number of guanidine groups is 1. The minimum atomic E-state index is -4.17. The summed E-state index contributed by atoms with van der Waals surface area (Å²) in [6, 6.07) is 7.39. The molecule has 0 saturated heterocycles. The minimum absolute atomic E-state index is 0.213. The van der Waals surface area contributed by atoms with E-state index in [2.05, 4.69) is 31.6 Å². The van der Waals surface area contributed by atoms with Gasteiger partial charge in [0.2, 0.25) is 0 Å². The van der Waals surface area contributed by atoms with Crippen molar-refractivity contribution in [1.82, 2.24) is 10.6 Å². The van der Waals surface area contributed by atoms with Gasteiger partial charge < -0.3 is 15.4 Å². The molecular weight excluding hydrogens is 351 g/mol. The third kappa shape index (κ3) is 8.44. The van der Waals surface area contributed by atoms with E-state index in [4.69, 9.17) is 4.74 Å². The van der Waals surface area contributed by atoms with Crippen LogP contribution >= 0.6 is 15.9 Å². The molecule has 0 atom stereocenters. The third-order valence-electron chi connectivity index (χ3n) is 2.38. The van der Waals surface area contributed by atoms with Gasteiger partial charge in [-0.2, -0.15) is 13.2 Å². The molecule has 0 aliphatic carbocycles. The van der Waals surface area contributed by atoms with E-state index in [1.165, 1.54) is 7.05 Å². The molecule has 4 nitrogen and oxygen atoms in total. The first-order chi connectivity index (χ1) is 9.90. The number of nitrogens with one attached hydrogen (secondary N) is 2. The maximum absolute atomic E-state index is 12.0. The molecule has 0 aromatic heterocycles. The van der Waals surface area contributed by atoms with Crippen LogP contribution in [-0.2, 0) is 0 Å². The van der Waals surface area contributed by atoms with Crippen LogP contribution in [0, 0.1) is 0 Å². The molecule has 118 valence electrons. The van der Waals surface area contributed by atoms with Crippen molar-refractivity contribution in [2.45, 2.75) is 12.6 Å². The number of rotatable bonds is 6. The van der Waals surface area contributed by atoms with Gasteiger partial charge in [0.25, 0.3) is 0 Å². The normalized spacial score (nSPS) is 12.1. The second-order valence-corrected chi connectivity index (χ2v) is 5.01. The number of aliphatic imine (C=N–C) groups is 1. The fourth-order valence-electron chi connectivity index (χ4n) is 1.44. The van der Waals surface area contributed by atoms with Gasteiger partial charge in [-0.1, -0.05) is 22.0 Å². The van der Waals surface area contributed by atoms with E-state index in [9.17, 15) is 13.2 Å². The molecule has 1 rings (SSSR count). The molecular formula is C13H17BrF3N3O. The average molecular weight is 368 g/mol. The Morgan fingerprint density at radius 2 is 2.00 bits per heavy atom. The lowest BCUT2D eigenvalue weighted by molar-refractivity contribution is -0.132. The van der Waals surface area contributed by atoms with Gasteiger partial charge in [-0.05, 0) is 18.2 Å². The highest BCUT2D eigenvalue weighted by molar-refractivity contribution is 9.10. The van der Waals surface area contributed by atoms with E-state index >= 15 is 0 Å². The first-order valence-electron chi connectivity index (χ1n) is 6.30. The molecule has 0 heterocycles. The lowest BCUT2D eigenvalue weighted by Crippen LogP contribution is -2.40. The van der Waals surface area contributed by atoms with E-state index in [1.807, 2.05) is 24.3 Å². The van der Waals surface area contributed by atoms with Crippen molar-refractivity contribution in [3.05, 3.63) is 28.7 Å². The highest BCUT2D eigenvalue weighted by Gasteiger charge is 2.26. The SMILES string of the molecule is CN=C(NCCOc1cccc(Br)c1)NCCC(F)(F)F. The van der Waals surface area contributed by atoms with Crippen LogP contribution in [0.3, 0.4) is 0 Å². The van der Waals surface area contributed by atoms with Crippen molar-refractivity contribution in [1.29, 1.82) is 0 Å². The molecule has 0 amide bonds. The highest BCUT2D eigenvalue weighted by Crippen LogP contribution is 2.18. The van der Waals surface area contributed by atoms with Crippen LogP contribution in [0.1, 0.15) is 6.42 Å². The fourth-order valence-corrected chi connectivity index (χ4v) is 1.82. The molecule has 0 saturated carbocycles. The van der Waals surface area contributed by atoms with Gasteiger partial charge in [0.05, 0.1) is 13.0 Å². The van der Waals surface area contributed by atoms with E-state index in [0.717, 1.165) is 4.47 Å². The van der Waals surface area contributed by atoms with Crippen molar-refractivity contribution in [2.24, 2.45) is 4.99 Å². The minimum Gasteiger partial charge on any atom is -0.492 e. The van der Waals surface area contributed by atoms with Crippen LogP contribution in [0.5, 0.6) is 5.75 Å². The fraction of sp³-hybridized carbons (Fsp3) is 0.462. The highest BCUT2D eigenvalue weighted by atomic mass is 79.9. The summed E-state index contributed by atoms with van der Waals surface area (Å²) >= 11 is 3.33. The van der Waals surface area contributed by atoms with Gasteiger partial charge in [-0.25, -0.2) is 0 Å². The van der Waals surface area contributed by atoms with E-state index in [-0.39, 0.29) is 6.54 Å². The largest absolute Gasteiger partial charge is 0.492 e. The number of hydrogen-bond acceptors (Lipinski definition) is 2. The topological polar surface area (TPSA) is 45.7 Å². The summed E-state index contributed by atoms with van der Waals surface area (Å²) < 4.78 is 42.4. The van der Waals surface area contributed by atoms with Crippen LogP contribution in [0.2, 0.25) is 0 Å². The Morgan fingerprint density at radius 3 is 2.62 bits per heavy atom. The van der Waals surface area contributed by atoms with Crippen molar-refractivity contribution in [3.63, 3.8) is 0 Å². The summed E-state index contributed by atoms with van der Waals surface area (Å²) in [4.78, 5) is 3.83. The Labute approximate surface area is 129 Å². The quantitative estimate of drug-likeness (QED) is 0.461. The maximum atomic E-state index is 12.0. The van der Waals surface area contributed by atoms with Gasteiger partial charge in [-0.15, -0.1) is 0 Å². The Hall–Kier alpha value is -1.44. The smallest absolute Gasteiger partial charge is 0.390 e. The first kappa shape index (κ1) is 17.6. The van der Waals surface area contributed by atoms with Crippen LogP contribution in [0.15, 0.2) is 33.7 Å². The van der Waals surface area contributed by atoms with Crippen LogP contribution in [0.25, 0.3) is 0 Å². The molecule has 0 fully saturated rings. The monoisotopic (exact) mass is 367 g/mol. The van der Waals surface area contributed by atoms with Gasteiger partial charge in [0.15, 0.2) is 5.96 Å². The maximum Gasteiger partial charge on any atom is 0.390 e. The molecule has 0 bridgehead atoms. The van der Waals surface area contributed by atoms with E-state index in [0.29, 0.717) is 24.9 Å². The number of ether oxygens (including phenoxy) is 1. The summed E-state index contributed by atoms with van der Waals surface area (Å²) in [5.41, 5.74) is 0. The zero-order valence-electron chi connectivity index (χ0n) is 11.5. The molecule has 0 unspecified atom stereocenters. The summed E-state index contributed by atoms with van der Waals surface area (Å²) in [5.74, 6) is 1.03. The second-order valence-electron chi connectivity index (χ2n) is 4.10. The number of benzene rings is 1. The van der Waals surface area contributed by atoms with Gasteiger partial charge >= 0.3 is 6.18 Å². The summed E-state index contributed by atoms with van der Waals surface area (Å²) in [7, 11) is 1.50. The molecule has 0 aliphatic rings. The van der Waals surface area contributed by atoms with Gasteiger partial charge in [-0.3, -0.25) is 4.99 Å². The van der Waals surface area contributed by atoms with E-state index < -0.39 is 12.6 Å². The Balaban J connectivity index is 2.21. The number of nitrogens with zero attached hydrogens (tertiary/aromatic N) is 1. The second kappa shape index (κ2) is 8.76. The van der Waals surface area contributed by atoms with Crippen LogP contribution in [-0.4, -0.2) is 38.9 Å². The lowest BCUT2D eigenvalue weighted by atomic mass is 10.3. The van der Waals surface area contributed by atoms with Crippen LogP contribution in [0.4, 0.5) is 13.2 Å². The first-order valence-corrected chi connectivity index (χ1v) is 7.09. The van der Waals surface area contributed by atoms with Gasteiger partial charge in [0.1, 0.15) is 12.4 Å². The molecule has 0 aliphatic heterocycles. The summed E-state index contributed by atoms with van der Waals surface area (Å²) in [6.45, 7) is 0.588. The van der Waals surface area contributed by atoms with Crippen molar-refractivity contribution in [2.75, 3.05) is 26.7 Å². The molecule has 8 heteroatoms. The Morgan fingerprint density at radius 1 is 1.29 bits per heavy atom. The predicted octanol–water partition coefficient (Wildman–Crippen LogP) is 2.95. The summed E-state index contributed by atoms with van der Waals surface area (Å²) in [5, 5.41) is 5.46. The van der Waals surface area contributed by atoms with Gasteiger partial charge in [0, 0.05) is 18.1 Å². The molecule has 2 N–H and O–H groups in total. The number of halogens is 4. The van der Waals surface area contributed by atoms with Crippen molar-refractivity contribution < 1.29 is 17.9 Å². The average Bonchev–Trinajstić information content (AvgIpc) is 2.40. The van der Waals surface area contributed by atoms with Crippen molar-refractivity contribution in [3.8, 4) is 5.75 Å². The third-order valence-corrected chi connectivity index (χ3v) is 2.88. The number of hydrogen-bond donors (Lipinski definition) is 2. The number of alkyl halides is 3. The van der Waals surface area contributed by atoms with Crippen molar-refractivity contribution >= 4 is 21.9 Å². The standard InChI is InChI=1S/C13H17BrF3N3O/c1-18-12(19-6-5-13(15,16)17)20-7-8-21-11-4-2-3-10(14)9-11/h2-4,9H,5-8H2,1H3,(H2,18,19,20). The Bertz CT molecular complexity index is 466. The lowest BCUT2D eigenvalue weighted by Gasteiger charge is -2.13. The molecule has 0 spiro atoms. The molecule has 1 aromatic carbocycles. The summed E-state index contributed by atoms with van der Waals surface area (Å²) in [6.07, 6.45) is -5.07. The molecule has 1 aromatic rings. The zero-order chi connectivity index (χ0) is 15.7. The molecule has 21 heavy (non-hydrogen) atoms. The molecule has 0 radical (unpaired) electrons. The van der Waals surface area contributed by atoms with E-state index in [1.54, 1.807) is 0 Å².